The summed E-state index contributed by atoms with van der Waals surface area (Å²) in [6, 6.07) is 2.38. The Balaban J connectivity index is 2.69. The van der Waals surface area contributed by atoms with Crippen molar-refractivity contribution >= 4 is 39.9 Å². The van der Waals surface area contributed by atoms with Crippen molar-refractivity contribution in [3.63, 3.8) is 0 Å². The third-order valence-electron chi connectivity index (χ3n) is 2.54. The van der Waals surface area contributed by atoms with Crippen LogP contribution in [-0.4, -0.2) is 18.5 Å². The smallest absolute Gasteiger partial charge is 0.242 e. The molecule has 0 saturated carbocycles. The lowest BCUT2D eigenvalue weighted by atomic mass is 10.2. The quantitative estimate of drug-likeness (QED) is 0.544. The highest BCUT2D eigenvalue weighted by molar-refractivity contribution is 14.1. The summed E-state index contributed by atoms with van der Waals surface area (Å²) in [6.45, 7) is 6.36. The topological polar surface area (TPSA) is 67.2 Å². The molecule has 0 heterocycles. The molecular weight excluding hydrogens is 360 g/mol. The third-order valence-corrected chi connectivity index (χ3v) is 3.37. The van der Waals surface area contributed by atoms with Gasteiger partial charge in [0.2, 0.25) is 5.91 Å². The highest BCUT2D eigenvalue weighted by Crippen LogP contribution is 2.24. The molecule has 0 saturated heterocycles. The Morgan fingerprint density at radius 2 is 2.05 bits per heavy atom. The van der Waals surface area contributed by atoms with E-state index in [0.717, 1.165) is 0 Å². The van der Waals surface area contributed by atoms with Gasteiger partial charge in [0.15, 0.2) is 0 Å². The van der Waals surface area contributed by atoms with Gasteiger partial charge in [-0.15, -0.1) is 0 Å². The first-order valence-electron chi connectivity index (χ1n) is 6.10. The van der Waals surface area contributed by atoms with Crippen LogP contribution in [0.5, 0.6) is 0 Å². The van der Waals surface area contributed by atoms with Crippen LogP contribution in [0.3, 0.4) is 0 Å². The average molecular weight is 379 g/mol. The van der Waals surface area contributed by atoms with Crippen LogP contribution in [-0.2, 0) is 4.79 Å². The standard InChI is InChI=1S/C13H19FIN3O/c1-7(2)6-17-13(19)8(3)18-12-4-9(14)10(15)5-11(12)16/h4-5,7-8,18H,6,16H2,1-3H3,(H,17,19). The van der Waals surface area contributed by atoms with Crippen molar-refractivity contribution in [2.75, 3.05) is 17.6 Å². The predicted octanol–water partition coefficient (Wildman–Crippen LogP) is 2.59. The lowest BCUT2D eigenvalue weighted by Gasteiger charge is -2.17. The van der Waals surface area contributed by atoms with Gasteiger partial charge in [0.1, 0.15) is 11.9 Å². The summed E-state index contributed by atoms with van der Waals surface area (Å²) in [5.74, 6) is -0.101. The Hall–Kier alpha value is -1.05. The third kappa shape index (κ3) is 4.85. The van der Waals surface area contributed by atoms with Crippen LogP contribution < -0.4 is 16.4 Å². The van der Waals surface area contributed by atoms with Gasteiger partial charge in [-0.05, 0) is 41.5 Å². The lowest BCUT2D eigenvalue weighted by Crippen LogP contribution is -2.39. The fourth-order valence-corrected chi connectivity index (χ4v) is 1.94. The molecule has 1 aromatic carbocycles. The van der Waals surface area contributed by atoms with E-state index < -0.39 is 6.04 Å². The van der Waals surface area contributed by atoms with E-state index in [1.807, 2.05) is 36.4 Å². The minimum absolute atomic E-state index is 0.132. The molecule has 0 aliphatic carbocycles. The van der Waals surface area contributed by atoms with E-state index in [2.05, 4.69) is 10.6 Å². The van der Waals surface area contributed by atoms with E-state index >= 15 is 0 Å². The maximum atomic E-state index is 13.5. The second-order valence-corrected chi connectivity index (χ2v) is 6.02. The van der Waals surface area contributed by atoms with Crippen LogP contribution in [0.2, 0.25) is 0 Å². The van der Waals surface area contributed by atoms with Crippen molar-refractivity contribution in [3.05, 3.63) is 21.5 Å². The summed E-state index contributed by atoms with van der Waals surface area (Å²) in [7, 11) is 0. The molecule has 1 atom stereocenters. The molecule has 1 unspecified atom stereocenters. The molecular formula is C13H19FIN3O. The monoisotopic (exact) mass is 379 g/mol. The van der Waals surface area contributed by atoms with Crippen LogP contribution in [0.4, 0.5) is 15.8 Å². The van der Waals surface area contributed by atoms with Gasteiger partial charge in [-0.2, -0.15) is 0 Å². The molecule has 0 aliphatic heterocycles. The molecule has 0 radical (unpaired) electrons. The number of amides is 1. The minimum atomic E-state index is -0.472. The second-order valence-electron chi connectivity index (χ2n) is 4.86. The number of benzene rings is 1. The number of anilines is 2. The molecule has 0 fully saturated rings. The number of carbonyl (C=O) groups is 1. The van der Waals surface area contributed by atoms with Crippen molar-refractivity contribution in [2.24, 2.45) is 5.92 Å². The zero-order valence-corrected chi connectivity index (χ0v) is 13.4. The largest absolute Gasteiger partial charge is 0.397 e. The molecule has 106 valence electrons. The maximum Gasteiger partial charge on any atom is 0.242 e. The molecule has 1 rings (SSSR count). The zero-order chi connectivity index (χ0) is 14.6. The van der Waals surface area contributed by atoms with Crippen LogP contribution in [0.25, 0.3) is 0 Å². The normalized spacial score (nSPS) is 12.3. The number of hydrogen-bond acceptors (Lipinski definition) is 3. The van der Waals surface area contributed by atoms with Crippen LogP contribution in [0, 0.1) is 15.3 Å². The van der Waals surface area contributed by atoms with Crippen molar-refractivity contribution in [3.8, 4) is 0 Å². The number of nitrogens with two attached hydrogens (primary N) is 1. The number of rotatable bonds is 5. The molecule has 6 heteroatoms. The van der Waals surface area contributed by atoms with E-state index in [4.69, 9.17) is 5.73 Å². The lowest BCUT2D eigenvalue weighted by molar-refractivity contribution is -0.121. The van der Waals surface area contributed by atoms with E-state index in [9.17, 15) is 9.18 Å². The van der Waals surface area contributed by atoms with Crippen LogP contribution in [0.1, 0.15) is 20.8 Å². The number of carbonyl (C=O) groups excluding carboxylic acids is 1. The molecule has 0 spiro atoms. The Morgan fingerprint density at radius 1 is 1.42 bits per heavy atom. The summed E-state index contributed by atoms with van der Waals surface area (Å²) >= 11 is 1.87. The molecule has 1 aromatic rings. The molecule has 0 bridgehead atoms. The maximum absolute atomic E-state index is 13.5. The first-order valence-corrected chi connectivity index (χ1v) is 7.18. The van der Waals surface area contributed by atoms with E-state index in [0.29, 0.717) is 27.4 Å². The summed E-state index contributed by atoms with van der Waals surface area (Å²) in [4.78, 5) is 11.8. The number of hydrogen-bond donors (Lipinski definition) is 3. The second kappa shape index (κ2) is 6.93. The van der Waals surface area contributed by atoms with Gasteiger partial charge in [-0.3, -0.25) is 4.79 Å². The van der Waals surface area contributed by atoms with Gasteiger partial charge in [-0.1, -0.05) is 13.8 Å². The Kier molecular flexibility index (Phi) is 5.84. The molecule has 1 amide bonds. The van der Waals surface area contributed by atoms with Crippen molar-refractivity contribution in [1.82, 2.24) is 5.32 Å². The first-order chi connectivity index (χ1) is 8.81. The number of nitrogen functional groups attached to an aromatic ring is 1. The fraction of sp³-hybridized carbons (Fsp3) is 0.462. The number of halogens is 2. The van der Waals surface area contributed by atoms with Crippen molar-refractivity contribution in [2.45, 2.75) is 26.8 Å². The van der Waals surface area contributed by atoms with Crippen molar-refractivity contribution in [1.29, 1.82) is 0 Å². The molecule has 0 aliphatic rings. The van der Waals surface area contributed by atoms with Gasteiger partial charge < -0.3 is 16.4 Å². The van der Waals surface area contributed by atoms with Gasteiger partial charge in [0.05, 0.1) is 14.9 Å². The molecule has 19 heavy (non-hydrogen) atoms. The highest BCUT2D eigenvalue weighted by Gasteiger charge is 2.15. The van der Waals surface area contributed by atoms with Gasteiger partial charge >= 0.3 is 0 Å². The van der Waals surface area contributed by atoms with E-state index in [1.165, 1.54) is 12.1 Å². The van der Waals surface area contributed by atoms with E-state index in [-0.39, 0.29) is 11.7 Å². The minimum Gasteiger partial charge on any atom is -0.397 e. The number of nitrogens with one attached hydrogen (secondary N) is 2. The summed E-state index contributed by atoms with van der Waals surface area (Å²) in [5, 5.41) is 5.73. The SMILES string of the molecule is CC(C)CNC(=O)C(C)Nc1cc(F)c(I)cc1N. The Morgan fingerprint density at radius 3 is 2.63 bits per heavy atom. The molecule has 4 N–H and O–H groups in total. The Bertz CT molecular complexity index is 465. The van der Waals surface area contributed by atoms with Gasteiger partial charge in [0.25, 0.3) is 0 Å². The first kappa shape index (κ1) is 16.0. The fourth-order valence-electron chi connectivity index (χ4n) is 1.44. The summed E-state index contributed by atoms with van der Waals surface area (Å²) in [6.07, 6.45) is 0. The summed E-state index contributed by atoms with van der Waals surface area (Å²) in [5.41, 5.74) is 6.66. The van der Waals surface area contributed by atoms with Gasteiger partial charge in [-0.25, -0.2) is 4.39 Å². The average Bonchev–Trinajstić information content (AvgIpc) is 2.32. The molecule has 0 aromatic heterocycles. The Labute approximate surface area is 126 Å². The highest BCUT2D eigenvalue weighted by atomic mass is 127. The zero-order valence-electron chi connectivity index (χ0n) is 11.3. The van der Waals surface area contributed by atoms with Crippen LogP contribution >= 0.6 is 22.6 Å². The van der Waals surface area contributed by atoms with Gasteiger partial charge in [0, 0.05) is 12.6 Å². The molecule has 4 nitrogen and oxygen atoms in total. The van der Waals surface area contributed by atoms with Crippen LogP contribution in [0.15, 0.2) is 12.1 Å². The summed E-state index contributed by atoms with van der Waals surface area (Å²) < 4.78 is 13.9. The van der Waals surface area contributed by atoms with E-state index in [1.54, 1.807) is 6.92 Å². The van der Waals surface area contributed by atoms with Crippen molar-refractivity contribution < 1.29 is 9.18 Å². The predicted molar refractivity (Wildman–Crippen MR) is 84.5 cm³/mol.